The van der Waals surface area contributed by atoms with Gasteiger partial charge in [-0.1, -0.05) is 24.3 Å². The third kappa shape index (κ3) is 3.48. The van der Waals surface area contributed by atoms with Gasteiger partial charge in [0.1, 0.15) is 25.5 Å². The molecule has 1 aliphatic heterocycles. The highest BCUT2D eigenvalue weighted by Gasteiger charge is 2.36. The molecule has 0 amide bonds. The van der Waals surface area contributed by atoms with Crippen molar-refractivity contribution in [3.05, 3.63) is 66.2 Å². The van der Waals surface area contributed by atoms with Crippen LogP contribution in [0.4, 0.5) is 5.69 Å². The predicted octanol–water partition coefficient (Wildman–Crippen LogP) is 2.84. The summed E-state index contributed by atoms with van der Waals surface area (Å²) in [5, 5.41) is 10.2. The van der Waals surface area contributed by atoms with Gasteiger partial charge in [-0.25, -0.2) is 8.42 Å². The number of rotatable bonds is 6. The largest absolute Gasteiger partial charge is 0.490 e. The minimum atomic E-state index is -3.80. The van der Waals surface area contributed by atoms with Gasteiger partial charge in [-0.3, -0.25) is 9.10 Å². The van der Waals surface area contributed by atoms with Crippen LogP contribution in [0.2, 0.25) is 0 Å². The number of hydrogen-bond donors (Lipinski definition) is 0. The molecule has 0 aromatic heterocycles. The summed E-state index contributed by atoms with van der Waals surface area (Å²) >= 11 is 0. The maximum Gasteiger partial charge on any atom is 0.326 e. The van der Waals surface area contributed by atoms with Crippen LogP contribution in [0, 0.1) is 11.3 Å². The summed E-state index contributed by atoms with van der Waals surface area (Å²) in [5.41, 5.74) is 0.996. The number of sulfonamides is 1. The number of benzene rings is 3. The number of carbonyl (C=O) groups is 1. The fourth-order valence-corrected chi connectivity index (χ4v) is 4.89. The van der Waals surface area contributed by atoms with Crippen molar-refractivity contribution in [2.75, 3.05) is 24.1 Å². The average molecular weight is 408 g/mol. The quantitative estimate of drug-likeness (QED) is 0.460. The topological polar surface area (TPSA) is 96.7 Å². The van der Waals surface area contributed by atoms with Crippen molar-refractivity contribution >= 4 is 32.5 Å². The molecule has 0 aliphatic carbocycles. The summed E-state index contributed by atoms with van der Waals surface area (Å²) < 4.78 is 37.3. The van der Waals surface area contributed by atoms with Gasteiger partial charge in [-0.2, -0.15) is 5.26 Å². The molecule has 8 heteroatoms. The summed E-state index contributed by atoms with van der Waals surface area (Å²) in [5.74, 6) is -0.119. The van der Waals surface area contributed by atoms with Crippen molar-refractivity contribution in [3.63, 3.8) is 0 Å². The zero-order chi connectivity index (χ0) is 20.4. The molecular formula is C21H16N2O5S. The van der Waals surface area contributed by atoms with Crippen molar-refractivity contribution in [3.8, 4) is 11.8 Å². The van der Waals surface area contributed by atoms with E-state index in [4.69, 9.17) is 14.7 Å². The van der Waals surface area contributed by atoms with Crippen LogP contribution >= 0.6 is 0 Å². The Kier molecular flexibility index (Phi) is 4.82. The van der Waals surface area contributed by atoms with Gasteiger partial charge in [0.05, 0.1) is 22.2 Å². The van der Waals surface area contributed by atoms with Gasteiger partial charge in [0, 0.05) is 5.39 Å². The highest BCUT2D eigenvalue weighted by Crippen LogP contribution is 2.41. The van der Waals surface area contributed by atoms with Crippen molar-refractivity contribution in [2.45, 2.75) is 4.90 Å². The Morgan fingerprint density at radius 1 is 1.00 bits per heavy atom. The first-order valence-electron chi connectivity index (χ1n) is 8.84. The predicted molar refractivity (Wildman–Crippen MR) is 106 cm³/mol. The van der Waals surface area contributed by atoms with Crippen molar-refractivity contribution in [1.29, 1.82) is 5.26 Å². The van der Waals surface area contributed by atoms with Gasteiger partial charge in [-0.05, 0) is 41.8 Å². The van der Waals surface area contributed by atoms with Gasteiger partial charge in [0.2, 0.25) is 0 Å². The first kappa shape index (κ1) is 18.8. The van der Waals surface area contributed by atoms with E-state index in [2.05, 4.69) is 0 Å². The van der Waals surface area contributed by atoms with E-state index in [9.17, 15) is 13.2 Å². The zero-order valence-corrected chi connectivity index (χ0v) is 16.1. The fourth-order valence-electron chi connectivity index (χ4n) is 3.23. The van der Waals surface area contributed by atoms with Gasteiger partial charge >= 0.3 is 5.97 Å². The summed E-state index contributed by atoms with van der Waals surface area (Å²) in [4.78, 5) is 12.4. The molecule has 0 radical (unpaired) electrons. The molecule has 0 N–H and O–H groups in total. The second-order valence-corrected chi connectivity index (χ2v) is 8.18. The Morgan fingerprint density at radius 3 is 2.45 bits per heavy atom. The number of hydrogen-bond acceptors (Lipinski definition) is 6. The first-order chi connectivity index (χ1) is 14.0. The Bertz CT molecular complexity index is 1220. The third-order valence-electron chi connectivity index (χ3n) is 4.55. The Hall–Kier alpha value is -3.57. The zero-order valence-electron chi connectivity index (χ0n) is 15.2. The third-order valence-corrected chi connectivity index (χ3v) is 6.35. The second kappa shape index (κ2) is 7.45. The van der Waals surface area contributed by atoms with Crippen molar-refractivity contribution < 1.29 is 22.7 Å². The molecule has 0 saturated heterocycles. The standard InChI is InChI=1S/C21H16N2O5S/c22-13-15-7-9-17(10-8-15)27-11-12-28-20(24)14-23-18-5-1-3-16-4-2-6-19(21(16)18)29(23,25)26/h1-10H,11-12,14H2. The number of nitrogens with zero attached hydrogens (tertiary/aromatic N) is 2. The van der Waals surface area contributed by atoms with Crippen LogP contribution < -0.4 is 9.04 Å². The van der Waals surface area contributed by atoms with Gasteiger partial charge in [0.15, 0.2) is 0 Å². The highest BCUT2D eigenvalue weighted by molar-refractivity contribution is 7.93. The van der Waals surface area contributed by atoms with Crippen LogP contribution in [0.25, 0.3) is 10.8 Å². The van der Waals surface area contributed by atoms with E-state index in [0.717, 1.165) is 9.69 Å². The molecule has 29 heavy (non-hydrogen) atoms. The van der Waals surface area contributed by atoms with Crippen LogP contribution in [0.1, 0.15) is 5.56 Å². The Morgan fingerprint density at radius 2 is 1.72 bits per heavy atom. The summed E-state index contributed by atoms with van der Waals surface area (Å²) in [6.07, 6.45) is 0. The molecule has 3 aromatic carbocycles. The lowest BCUT2D eigenvalue weighted by Crippen LogP contribution is -2.34. The van der Waals surface area contributed by atoms with E-state index in [0.29, 0.717) is 22.4 Å². The number of anilines is 1. The maximum absolute atomic E-state index is 12.8. The summed E-state index contributed by atoms with van der Waals surface area (Å²) in [6, 6.07) is 18.9. The summed E-state index contributed by atoms with van der Waals surface area (Å²) in [7, 11) is -3.80. The van der Waals surface area contributed by atoms with Crippen molar-refractivity contribution in [2.24, 2.45) is 0 Å². The van der Waals surface area contributed by atoms with Crippen LogP contribution in [0.5, 0.6) is 5.75 Å². The minimum Gasteiger partial charge on any atom is -0.490 e. The van der Waals surface area contributed by atoms with Gasteiger partial charge in [0.25, 0.3) is 10.0 Å². The van der Waals surface area contributed by atoms with Crippen LogP contribution in [0.3, 0.4) is 0 Å². The van der Waals surface area contributed by atoms with E-state index in [-0.39, 0.29) is 18.1 Å². The smallest absolute Gasteiger partial charge is 0.326 e. The molecule has 0 atom stereocenters. The van der Waals surface area contributed by atoms with E-state index < -0.39 is 22.5 Å². The normalized spacial score (nSPS) is 13.8. The Balaban J connectivity index is 1.38. The lowest BCUT2D eigenvalue weighted by molar-refractivity contribution is -0.142. The summed E-state index contributed by atoms with van der Waals surface area (Å²) in [6.45, 7) is -0.322. The lowest BCUT2D eigenvalue weighted by Gasteiger charge is -2.17. The SMILES string of the molecule is N#Cc1ccc(OCCOC(=O)CN2c3cccc4cccc(c34)S2(=O)=O)cc1. The molecular weight excluding hydrogens is 392 g/mol. The molecule has 7 nitrogen and oxygen atoms in total. The van der Waals surface area contributed by atoms with Crippen LogP contribution in [-0.4, -0.2) is 34.1 Å². The monoisotopic (exact) mass is 408 g/mol. The van der Waals surface area contributed by atoms with E-state index in [1.54, 1.807) is 42.5 Å². The number of esters is 1. The Labute approximate surface area is 167 Å². The fraction of sp³-hybridized carbons (Fsp3) is 0.143. The van der Waals surface area contributed by atoms with Crippen LogP contribution in [0.15, 0.2) is 65.6 Å². The molecule has 1 aliphatic rings. The van der Waals surface area contributed by atoms with Crippen molar-refractivity contribution in [1.82, 2.24) is 0 Å². The van der Waals surface area contributed by atoms with E-state index in [1.165, 1.54) is 6.07 Å². The molecule has 1 heterocycles. The van der Waals surface area contributed by atoms with E-state index in [1.807, 2.05) is 18.2 Å². The van der Waals surface area contributed by atoms with E-state index >= 15 is 0 Å². The first-order valence-corrected chi connectivity index (χ1v) is 10.3. The molecule has 146 valence electrons. The van der Waals surface area contributed by atoms with Crippen LogP contribution in [-0.2, 0) is 19.6 Å². The molecule has 0 bridgehead atoms. The number of ether oxygens (including phenoxy) is 2. The molecule has 4 rings (SSSR count). The molecule has 3 aromatic rings. The van der Waals surface area contributed by atoms with Gasteiger partial charge in [-0.15, -0.1) is 0 Å². The molecule has 0 spiro atoms. The molecule has 0 fully saturated rings. The average Bonchev–Trinajstić information content (AvgIpc) is 2.95. The minimum absolute atomic E-state index is 0.0239. The second-order valence-electron chi connectivity index (χ2n) is 6.35. The molecule has 0 saturated carbocycles. The lowest BCUT2D eigenvalue weighted by atomic mass is 10.1. The number of carbonyl (C=O) groups excluding carboxylic acids is 1. The maximum atomic E-state index is 12.8. The molecule has 0 unspecified atom stereocenters. The van der Waals surface area contributed by atoms with Gasteiger partial charge < -0.3 is 9.47 Å². The highest BCUT2D eigenvalue weighted by atomic mass is 32.2. The number of nitriles is 1.